The van der Waals surface area contributed by atoms with Crippen LogP contribution in [0.15, 0.2) is 40.9 Å². The molecule has 0 bridgehead atoms. The van der Waals surface area contributed by atoms with Crippen molar-refractivity contribution >= 4 is 33.2 Å². The minimum Gasteiger partial charge on any atom is -0.489 e. The van der Waals surface area contributed by atoms with Crippen LogP contribution in [0.3, 0.4) is 0 Å². The zero-order chi connectivity index (χ0) is 15.4. The first kappa shape index (κ1) is 15.8. The molecule has 2 N–H and O–H groups in total. The van der Waals surface area contributed by atoms with E-state index in [-0.39, 0.29) is 12.3 Å². The second-order valence-corrected chi connectivity index (χ2v) is 5.48. The molecule has 0 spiro atoms. The normalized spacial score (nSPS) is 10.4. The summed E-state index contributed by atoms with van der Waals surface area (Å²) >= 11 is 9.14. The van der Waals surface area contributed by atoms with Crippen LogP contribution in [-0.2, 0) is 13.2 Å². The van der Waals surface area contributed by atoms with Gasteiger partial charge < -0.3 is 10.5 Å². The number of ether oxygens (including phenoxy) is 1. The van der Waals surface area contributed by atoms with Crippen LogP contribution in [0.2, 0.25) is 5.02 Å². The van der Waals surface area contributed by atoms with E-state index in [9.17, 15) is 10.1 Å². The smallest absolute Gasteiger partial charge is 0.283 e. The van der Waals surface area contributed by atoms with Gasteiger partial charge in [-0.25, -0.2) is 0 Å². The first-order chi connectivity index (χ1) is 10.0. The van der Waals surface area contributed by atoms with Crippen molar-refractivity contribution < 1.29 is 9.66 Å². The fourth-order valence-electron chi connectivity index (χ4n) is 1.82. The summed E-state index contributed by atoms with van der Waals surface area (Å²) in [5.74, 6) is 0.611. The Morgan fingerprint density at radius 2 is 2.05 bits per heavy atom. The highest BCUT2D eigenvalue weighted by molar-refractivity contribution is 9.10. The number of benzene rings is 2. The second-order valence-electron chi connectivity index (χ2n) is 4.25. The number of nitrogens with zero attached hydrogens (tertiary/aromatic N) is 1. The molecule has 0 saturated carbocycles. The number of nitrogens with two attached hydrogens (primary N) is 1. The Hall–Kier alpha value is -1.63. The van der Waals surface area contributed by atoms with Crippen LogP contribution in [0.25, 0.3) is 0 Å². The third kappa shape index (κ3) is 3.72. The van der Waals surface area contributed by atoms with Gasteiger partial charge in [0.25, 0.3) is 5.69 Å². The van der Waals surface area contributed by atoms with Crippen LogP contribution in [0.5, 0.6) is 5.75 Å². The third-order valence-electron chi connectivity index (χ3n) is 2.88. The van der Waals surface area contributed by atoms with Gasteiger partial charge in [-0.2, -0.15) is 0 Å². The number of nitro groups is 1. The summed E-state index contributed by atoms with van der Waals surface area (Å²) in [7, 11) is 0. The Bertz CT molecular complexity index is 679. The Morgan fingerprint density at radius 3 is 2.71 bits per heavy atom. The minimum atomic E-state index is -0.443. The Kier molecular flexibility index (Phi) is 5.17. The van der Waals surface area contributed by atoms with Crippen molar-refractivity contribution in [2.45, 2.75) is 13.2 Å². The zero-order valence-corrected chi connectivity index (χ0v) is 13.2. The van der Waals surface area contributed by atoms with Crippen LogP contribution >= 0.6 is 27.5 Å². The highest BCUT2D eigenvalue weighted by Crippen LogP contribution is 2.30. The van der Waals surface area contributed by atoms with Gasteiger partial charge in [0.15, 0.2) is 0 Å². The Morgan fingerprint density at radius 1 is 1.29 bits per heavy atom. The standard InChI is InChI=1S/C14H12BrClN2O3/c15-14-9(2-1-3-12(14)18(19)20)8-21-13-5-4-11(16)6-10(13)7-17/h1-6H,7-8,17H2. The molecule has 110 valence electrons. The van der Waals surface area contributed by atoms with Crippen molar-refractivity contribution in [2.75, 3.05) is 0 Å². The van der Waals surface area contributed by atoms with Gasteiger partial charge in [-0.15, -0.1) is 0 Å². The molecule has 0 unspecified atom stereocenters. The molecule has 7 heteroatoms. The highest BCUT2D eigenvalue weighted by atomic mass is 79.9. The third-order valence-corrected chi connectivity index (χ3v) is 4.03. The molecule has 0 aliphatic rings. The van der Waals surface area contributed by atoms with Crippen LogP contribution in [-0.4, -0.2) is 4.92 Å². The lowest BCUT2D eigenvalue weighted by Gasteiger charge is -2.11. The van der Waals surface area contributed by atoms with Gasteiger partial charge in [0.2, 0.25) is 0 Å². The fraction of sp³-hybridized carbons (Fsp3) is 0.143. The molecule has 2 rings (SSSR count). The lowest BCUT2D eigenvalue weighted by Crippen LogP contribution is -2.03. The van der Waals surface area contributed by atoms with E-state index in [2.05, 4.69) is 15.9 Å². The van der Waals surface area contributed by atoms with Crippen LogP contribution < -0.4 is 10.5 Å². The number of nitro benzene ring substituents is 1. The van der Waals surface area contributed by atoms with E-state index in [1.54, 1.807) is 30.3 Å². The molecule has 0 amide bonds. The highest BCUT2D eigenvalue weighted by Gasteiger charge is 2.15. The van der Waals surface area contributed by atoms with Gasteiger partial charge in [0.05, 0.1) is 4.92 Å². The van der Waals surface area contributed by atoms with Crippen LogP contribution in [0.4, 0.5) is 5.69 Å². The lowest BCUT2D eigenvalue weighted by molar-refractivity contribution is -0.385. The molecule has 21 heavy (non-hydrogen) atoms. The molecule has 0 heterocycles. The molecule has 0 aliphatic carbocycles. The van der Waals surface area contributed by atoms with Crippen molar-refractivity contribution in [1.29, 1.82) is 0 Å². The maximum atomic E-state index is 10.9. The summed E-state index contributed by atoms with van der Waals surface area (Å²) in [5.41, 5.74) is 7.11. The predicted octanol–water partition coefficient (Wildman–Crippen LogP) is 4.05. The van der Waals surface area contributed by atoms with Crippen molar-refractivity contribution in [2.24, 2.45) is 5.73 Å². The molecule has 0 radical (unpaired) electrons. The molecule has 2 aromatic carbocycles. The predicted molar refractivity (Wildman–Crippen MR) is 84.5 cm³/mol. The molecule has 0 fully saturated rings. The largest absolute Gasteiger partial charge is 0.489 e. The lowest BCUT2D eigenvalue weighted by atomic mass is 10.2. The molecule has 0 saturated heterocycles. The topological polar surface area (TPSA) is 78.4 Å². The SMILES string of the molecule is NCc1cc(Cl)ccc1OCc1cccc([N+](=O)[O-])c1Br. The number of hydrogen-bond donors (Lipinski definition) is 1. The van der Waals surface area contributed by atoms with Gasteiger partial charge in [0, 0.05) is 28.8 Å². The van der Waals surface area contributed by atoms with E-state index < -0.39 is 4.92 Å². The Balaban J connectivity index is 2.21. The van der Waals surface area contributed by atoms with Crippen LogP contribution in [0.1, 0.15) is 11.1 Å². The second kappa shape index (κ2) is 6.89. The maximum Gasteiger partial charge on any atom is 0.283 e. The first-order valence-electron chi connectivity index (χ1n) is 6.06. The van der Waals surface area contributed by atoms with Crippen molar-refractivity contribution in [3.05, 3.63) is 67.1 Å². The van der Waals surface area contributed by atoms with Crippen LogP contribution in [0, 0.1) is 10.1 Å². The Labute approximate surface area is 134 Å². The van der Waals surface area contributed by atoms with Crippen molar-refractivity contribution in [3.8, 4) is 5.75 Å². The van der Waals surface area contributed by atoms with E-state index in [4.69, 9.17) is 22.1 Å². The van der Waals surface area contributed by atoms with Gasteiger partial charge in [-0.1, -0.05) is 23.7 Å². The number of hydrogen-bond acceptors (Lipinski definition) is 4. The first-order valence-corrected chi connectivity index (χ1v) is 7.23. The van der Waals surface area contributed by atoms with Gasteiger partial charge in [-0.05, 0) is 34.1 Å². The van der Waals surface area contributed by atoms with E-state index in [0.29, 0.717) is 27.4 Å². The summed E-state index contributed by atoms with van der Waals surface area (Å²) in [6, 6.07) is 9.98. The molecular formula is C14H12BrClN2O3. The molecule has 5 nitrogen and oxygen atoms in total. The molecule has 0 aromatic heterocycles. The van der Waals surface area contributed by atoms with E-state index in [1.807, 2.05) is 0 Å². The van der Waals surface area contributed by atoms with E-state index >= 15 is 0 Å². The van der Waals surface area contributed by atoms with E-state index in [1.165, 1.54) is 6.07 Å². The van der Waals surface area contributed by atoms with Gasteiger partial charge in [-0.3, -0.25) is 10.1 Å². The quantitative estimate of drug-likeness (QED) is 0.635. The zero-order valence-electron chi connectivity index (χ0n) is 10.9. The number of halogens is 2. The molecular weight excluding hydrogens is 360 g/mol. The van der Waals surface area contributed by atoms with Gasteiger partial charge in [0.1, 0.15) is 16.8 Å². The van der Waals surface area contributed by atoms with Gasteiger partial charge >= 0.3 is 0 Å². The van der Waals surface area contributed by atoms with E-state index in [0.717, 1.165) is 5.56 Å². The fourth-order valence-corrected chi connectivity index (χ4v) is 2.54. The summed E-state index contributed by atoms with van der Waals surface area (Å²) in [6.07, 6.45) is 0. The number of rotatable bonds is 5. The van der Waals surface area contributed by atoms with Crippen molar-refractivity contribution in [3.63, 3.8) is 0 Å². The molecule has 0 aliphatic heterocycles. The summed E-state index contributed by atoms with van der Waals surface area (Å²) < 4.78 is 6.11. The summed E-state index contributed by atoms with van der Waals surface area (Å²) in [4.78, 5) is 10.4. The monoisotopic (exact) mass is 370 g/mol. The average molecular weight is 372 g/mol. The minimum absolute atomic E-state index is 0.00579. The summed E-state index contributed by atoms with van der Waals surface area (Å²) in [5, 5.41) is 11.5. The molecule has 0 atom stereocenters. The average Bonchev–Trinajstić information content (AvgIpc) is 2.46. The van der Waals surface area contributed by atoms with Crippen molar-refractivity contribution in [1.82, 2.24) is 0 Å². The maximum absolute atomic E-state index is 10.9. The molecule has 2 aromatic rings. The summed E-state index contributed by atoms with van der Waals surface area (Å²) in [6.45, 7) is 0.489.